The second-order valence-corrected chi connectivity index (χ2v) is 5.29. The smallest absolute Gasteiger partial charge is 0.247 e. The molecule has 6 heteroatoms. The molecule has 0 unspecified atom stereocenters. The van der Waals surface area contributed by atoms with Crippen molar-refractivity contribution >= 4 is 11.8 Å². The fourth-order valence-corrected chi connectivity index (χ4v) is 2.54. The van der Waals surface area contributed by atoms with E-state index in [4.69, 9.17) is 15.7 Å². The van der Waals surface area contributed by atoms with Gasteiger partial charge in [-0.3, -0.25) is 14.8 Å². The van der Waals surface area contributed by atoms with Crippen LogP contribution in [0.3, 0.4) is 0 Å². The molecule has 1 aliphatic carbocycles. The first-order valence-corrected chi connectivity index (χ1v) is 6.88. The average molecular weight is 302 g/mol. The number of hydrogen-bond acceptors (Lipinski definition) is 4. The Balaban J connectivity index is 2.04. The van der Waals surface area contributed by atoms with Gasteiger partial charge in [0.15, 0.2) is 0 Å². The van der Waals surface area contributed by atoms with Crippen LogP contribution in [0.5, 0.6) is 5.75 Å². The van der Waals surface area contributed by atoms with Crippen LogP contribution in [0.25, 0.3) is 0 Å². The zero-order valence-electron chi connectivity index (χ0n) is 12.3. The van der Waals surface area contributed by atoms with Gasteiger partial charge in [0.25, 0.3) is 0 Å². The maximum atomic E-state index is 11.7. The second kappa shape index (κ2) is 6.50. The third-order valence-corrected chi connectivity index (χ3v) is 3.92. The van der Waals surface area contributed by atoms with Crippen molar-refractivity contribution in [2.24, 2.45) is 17.1 Å². The lowest BCUT2D eigenvalue weighted by atomic mass is 9.93. The number of ether oxygens (including phenoxy) is 1. The largest absolute Gasteiger partial charge is 0.481 e. The predicted molar refractivity (Wildman–Crippen MR) is 78.8 cm³/mol. The van der Waals surface area contributed by atoms with Crippen molar-refractivity contribution in [3.63, 3.8) is 0 Å². The highest BCUT2D eigenvalue weighted by molar-refractivity contribution is 5.95. The summed E-state index contributed by atoms with van der Waals surface area (Å²) in [6, 6.07) is 7.22. The molecular weight excluding hydrogens is 284 g/mol. The lowest BCUT2D eigenvalue weighted by Gasteiger charge is -2.13. The molecule has 0 radical (unpaired) electrons. The van der Waals surface area contributed by atoms with Gasteiger partial charge in [-0.25, -0.2) is 5.48 Å². The molecule has 2 amide bonds. The molecule has 2 rings (SSSR count). The molecule has 1 aromatic rings. The zero-order chi connectivity index (χ0) is 16.2. The molecule has 0 bridgehead atoms. The first kappa shape index (κ1) is 15.9. The average Bonchev–Trinajstić information content (AvgIpc) is 3.24. The molecular formula is C16H18N2O4. The van der Waals surface area contributed by atoms with Crippen molar-refractivity contribution in [1.29, 1.82) is 0 Å². The van der Waals surface area contributed by atoms with E-state index in [1.807, 2.05) is 12.1 Å². The number of hydroxylamine groups is 1. The quantitative estimate of drug-likeness (QED) is 0.407. The summed E-state index contributed by atoms with van der Waals surface area (Å²) in [4.78, 5) is 23.2. The van der Waals surface area contributed by atoms with E-state index in [0.717, 1.165) is 5.56 Å². The first-order chi connectivity index (χ1) is 10.5. The fourth-order valence-electron chi connectivity index (χ4n) is 2.54. The summed E-state index contributed by atoms with van der Waals surface area (Å²) >= 11 is 0. The summed E-state index contributed by atoms with van der Waals surface area (Å²) < 4.78 is 5.41. The number of amides is 2. The SMILES string of the molecule is CC#CCOc1ccc(C[C@]2(C(N)=O)C[C@@H]2C(=O)NO)cc1. The fraction of sp³-hybridized carbons (Fsp3) is 0.375. The van der Waals surface area contributed by atoms with Crippen molar-refractivity contribution in [1.82, 2.24) is 5.48 Å². The summed E-state index contributed by atoms with van der Waals surface area (Å²) in [6.07, 6.45) is 0.703. The van der Waals surface area contributed by atoms with Crippen LogP contribution < -0.4 is 16.0 Å². The first-order valence-electron chi connectivity index (χ1n) is 6.88. The van der Waals surface area contributed by atoms with Gasteiger partial charge in [-0.15, -0.1) is 5.92 Å². The highest BCUT2D eigenvalue weighted by Gasteiger charge is 2.62. The van der Waals surface area contributed by atoms with Gasteiger partial charge in [-0.05, 0) is 37.5 Å². The van der Waals surface area contributed by atoms with Gasteiger partial charge in [0.2, 0.25) is 11.8 Å². The van der Waals surface area contributed by atoms with Crippen molar-refractivity contribution in [2.75, 3.05) is 6.61 Å². The van der Waals surface area contributed by atoms with Crippen LogP contribution >= 0.6 is 0 Å². The van der Waals surface area contributed by atoms with E-state index in [-0.39, 0.29) is 0 Å². The molecule has 1 saturated carbocycles. The molecule has 1 fully saturated rings. The summed E-state index contributed by atoms with van der Waals surface area (Å²) in [5.74, 6) is 4.54. The number of benzene rings is 1. The van der Waals surface area contributed by atoms with Crippen LogP contribution in [0.1, 0.15) is 18.9 Å². The summed E-state index contributed by atoms with van der Waals surface area (Å²) in [6.45, 7) is 2.06. The maximum Gasteiger partial charge on any atom is 0.247 e. The second-order valence-electron chi connectivity index (χ2n) is 5.29. The Kier molecular flexibility index (Phi) is 4.68. The van der Waals surface area contributed by atoms with E-state index >= 15 is 0 Å². The number of hydrogen-bond donors (Lipinski definition) is 3. The molecule has 0 heterocycles. The monoisotopic (exact) mass is 302 g/mol. The maximum absolute atomic E-state index is 11.7. The number of carbonyl (C=O) groups excluding carboxylic acids is 2. The zero-order valence-corrected chi connectivity index (χ0v) is 12.3. The lowest BCUT2D eigenvalue weighted by molar-refractivity contribution is -0.134. The summed E-state index contributed by atoms with van der Waals surface area (Å²) in [5.41, 5.74) is 6.98. The van der Waals surface area contributed by atoms with Crippen molar-refractivity contribution in [2.45, 2.75) is 19.8 Å². The van der Waals surface area contributed by atoms with Gasteiger partial charge in [0.1, 0.15) is 12.4 Å². The van der Waals surface area contributed by atoms with E-state index in [1.54, 1.807) is 24.5 Å². The molecule has 6 nitrogen and oxygen atoms in total. The number of carbonyl (C=O) groups is 2. The standard InChI is InChI=1S/C16H18N2O4/c1-2-3-8-22-12-6-4-11(5-7-12)9-16(15(17)20)10-13(16)14(19)18-21/h4-7,13,21H,8-10H2,1H3,(H2,17,20)(H,18,19)/t13-,16+/m1/s1. The van der Waals surface area contributed by atoms with Crippen LogP contribution in [0, 0.1) is 23.2 Å². The van der Waals surface area contributed by atoms with E-state index in [2.05, 4.69) is 11.8 Å². The highest BCUT2D eigenvalue weighted by atomic mass is 16.5. The molecule has 0 saturated heterocycles. The Morgan fingerprint density at radius 2 is 2.14 bits per heavy atom. The van der Waals surface area contributed by atoms with Crippen LogP contribution in [0.2, 0.25) is 0 Å². The van der Waals surface area contributed by atoms with E-state index in [1.165, 1.54) is 0 Å². The van der Waals surface area contributed by atoms with E-state index < -0.39 is 23.1 Å². The van der Waals surface area contributed by atoms with Gasteiger partial charge >= 0.3 is 0 Å². The Labute approximate surface area is 128 Å². The minimum atomic E-state index is -0.914. The van der Waals surface area contributed by atoms with Gasteiger partial charge in [0.05, 0.1) is 11.3 Å². The van der Waals surface area contributed by atoms with Crippen LogP contribution in [0.15, 0.2) is 24.3 Å². The van der Waals surface area contributed by atoms with Gasteiger partial charge in [-0.1, -0.05) is 18.1 Å². The third kappa shape index (κ3) is 3.21. The van der Waals surface area contributed by atoms with Crippen LogP contribution in [-0.4, -0.2) is 23.6 Å². The highest BCUT2D eigenvalue weighted by Crippen LogP contribution is 2.54. The van der Waals surface area contributed by atoms with Crippen molar-refractivity contribution in [3.05, 3.63) is 29.8 Å². The molecule has 0 aromatic heterocycles. The number of primary amides is 1. The Bertz CT molecular complexity index is 630. The molecule has 116 valence electrons. The van der Waals surface area contributed by atoms with Gasteiger partial charge in [0, 0.05) is 0 Å². The van der Waals surface area contributed by atoms with E-state index in [0.29, 0.717) is 25.2 Å². The number of nitrogens with two attached hydrogens (primary N) is 1. The Morgan fingerprint density at radius 3 is 2.68 bits per heavy atom. The van der Waals surface area contributed by atoms with Crippen LogP contribution in [-0.2, 0) is 16.0 Å². The lowest BCUT2D eigenvalue weighted by Crippen LogP contribution is -2.33. The van der Waals surface area contributed by atoms with Gasteiger partial charge < -0.3 is 10.5 Å². The Morgan fingerprint density at radius 1 is 1.45 bits per heavy atom. The molecule has 1 aliphatic rings. The predicted octanol–water partition coefficient (Wildman–Crippen LogP) is 0.628. The topological polar surface area (TPSA) is 102 Å². The number of nitrogens with one attached hydrogen (secondary N) is 1. The molecule has 0 spiro atoms. The normalized spacial score (nSPS) is 22.2. The molecule has 2 atom stereocenters. The summed E-state index contributed by atoms with van der Waals surface area (Å²) in [7, 11) is 0. The van der Waals surface area contributed by atoms with E-state index in [9.17, 15) is 9.59 Å². The molecule has 0 aliphatic heterocycles. The minimum absolute atomic E-state index is 0.319. The Hall–Kier alpha value is -2.52. The summed E-state index contributed by atoms with van der Waals surface area (Å²) in [5, 5.41) is 8.69. The van der Waals surface area contributed by atoms with Gasteiger partial charge in [-0.2, -0.15) is 0 Å². The third-order valence-electron chi connectivity index (χ3n) is 3.92. The van der Waals surface area contributed by atoms with Crippen molar-refractivity contribution < 1.29 is 19.5 Å². The molecule has 22 heavy (non-hydrogen) atoms. The molecule has 1 aromatic carbocycles. The number of rotatable bonds is 6. The van der Waals surface area contributed by atoms with Crippen LogP contribution in [0.4, 0.5) is 0 Å². The minimum Gasteiger partial charge on any atom is -0.481 e. The molecule has 4 N–H and O–H groups in total. The van der Waals surface area contributed by atoms with Crippen molar-refractivity contribution in [3.8, 4) is 17.6 Å².